The molecule has 0 spiro atoms. The van der Waals surface area contributed by atoms with Crippen LogP contribution in [0.4, 0.5) is 5.69 Å². The lowest BCUT2D eigenvalue weighted by Gasteiger charge is -2.21. The molecule has 1 aliphatic heterocycles. The van der Waals surface area contributed by atoms with E-state index in [2.05, 4.69) is 5.32 Å². The fraction of sp³-hybridized carbons (Fsp3) is 0.429. The third-order valence-electron chi connectivity index (χ3n) is 3.42. The number of nitrogens with one attached hydrogen (secondary N) is 1. The molecule has 6 nitrogen and oxygen atoms in total. The quantitative estimate of drug-likeness (QED) is 0.870. The molecule has 0 radical (unpaired) electrons. The molecule has 0 bridgehead atoms. The van der Waals surface area contributed by atoms with E-state index in [1.807, 2.05) is 0 Å². The molecule has 114 valence electrons. The fourth-order valence-electron chi connectivity index (χ4n) is 2.41. The van der Waals surface area contributed by atoms with Gasteiger partial charge in [-0.15, -0.1) is 0 Å². The Kier molecular flexibility index (Phi) is 4.62. The van der Waals surface area contributed by atoms with Gasteiger partial charge in [-0.25, -0.2) is 8.42 Å². The molecule has 1 aromatic carbocycles. The third kappa shape index (κ3) is 4.04. The maximum Gasteiger partial charge on any atom is 0.307 e. The van der Waals surface area contributed by atoms with Gasteiger partial charge in [-0.1, -0.05) is 18.6 Å². The molecule has 1 atom stereocenters. The second-order valence-corrected chi connectivity index (χ2v) is 7.41. The van der Waals surface area contributed by atoms with Crippen molar-refractivity contribution in [1.82, 2.24) is 0 Å². The van der Waals surface area contributed by atoms with Crippen molar-refractivity contribution in [2.24, 2.45) is 0 Å². The number of anilines is 1. The number of hydrogen-bond donors (Lipinski definition) is 2. The van der Waals surface area contributed by atoms with Crippen molar-refractivity contribution in [3.8, 4) is 0 Å². The summed E-state index contributed by atoms with van der Waals surface area (Å²) >= 11 is 0. The molecule has 21 heavy (non-hydrogen) atoms. The molecule has 1 unspecified atom stereocenters. The maximum absolute atomic E-state index is 12.1. The van der Waals surface area contributed by atoms with Gasteiger partial charge in [0, 0.05) is 5.69 Å². The van der Waals surface area contributed by atoms with Crippen molar-refractivity contribution in [1.29, 1.82) is 0 Å². The number of benzene rings is 1. The Labute approximate surface area is 123 Å². The zero-order valence-corrected chi connectivity index (χ0v) is 12.2. The van der Waals surface area contributed by atoms with E-state index in [9.17, 15) is 18.0 Å². The van der Waals surface area contributed by atoms with Gasteiger partial charge in [-0.3, -0.25) is 9.59 Å². The van der Waals surface area contributed by atoms with Gasteiger partial charge >= 0.3 is 5.97 Å². The van der Waals surface area contributed by atoms with Crippen LogP contribution < -0.4 is 5.32 Å². The summed E-state index contributed by atoms with van der Waals surface area (Å²) in [5, 5.41) is 10.3. The molecule has 1 heterocycles. The van der Waals surface area contributed by atoms with Gasteiger partial charge in [0.25, 0.3) is 0 Å². The average molecular weight is 311 g/mol. The number of carbonyl (C=O) groups excluding carboxylic acids is 1. The topological polar surface area (TPSA) is 101 Å². The minimum atomic E-state index is -3.38. The molecule has 0 aliphatic carbocycles. The average Bonchev–Trinajstić information content (AvgIpc) is 2.37. The summed E-state index contributed by atoms with van der Waals surface area (Å²) in [5.41, 5.74) is 0.964. The second kappa shape index (κ2) is 6.26. The van der Waals surface area contributed by atoms with Crippen LogP contribution in [-0.4, -0.2) is 36.4 Å². The van der Waals surface area contributed by atoms with Gasteiger partial charge in [-0.05, 0) is 30.5 Å². The normalized spacial score (nSPS) is 20.7. The van der Waals surface area contributed by atoms with Crippen molar-refractivity contribution in [3.63, 3.8) is 0 Å². The van der Waals surface area contributed by atoms with E-state index in [-0.39, 0.29) is 12.2 Å². The molecule has 1 amide bonds. The molecule has 1 fully saturated rings. The second-order valence-electron chi connectivity index (χ2n) is 5.11. The predicted octanol–water partition coefficient (Wildman–Crippen LogP) is 1.22. The number of carboxylic acid groups (broad SMARTS) is 1. The number of rotatable bonds is 4. The molecule has 0 saturated carbocycles. The molecule has 0 aromatic heterocycles. The number of carboxylic acids is 1. The first-order valence-electron chi connectivity index (χ1n) is 6.71. The van der Waals surface area contributed by atoms with Gasteiger partial charge in [0.15, 0.2) is 9.84 Å². The van der Waals surface area contributed by atoms with E-state index < -0.39 is 27.0 Å². The van der Waals surface area contributed by atoms with Crippen LogP contribution in [0.1, 0.15) is 24.8 Å². The van der Waals surface area contributed by atoms with E-state index in [0.717, 1.165) is 6.42 Å². The van der Waals surface area contributed by atoms with E-state index in [1.165, 1.54) is 0 Å². The van der Waals surface area contributed by atoms with Crippen LogP contribution in [0.5, 0.6) is 0 Å². The highest BCUT2D eigenvalue weighted by Crippen LogP contribution is 2.21. The van der Waals surface area contributed by atoms with Crippen molar-refractivity contribution in [2.45, 2.75) is 30.9 Å². The van der Waals surface area contributed by atoms with E-state index >= 15 is 0 Å². The lowest BCUT2D eigenvalue weighted by molar-refractivity contribution is -0.136. The van der Waals surface area contributed by atoms with E-state index in [1.54, 1.807) is 24.3 Å². The standard InChI is InChI=1S/C14H17NO5S/c16-13(17)9-10-4-3-5-11(8-10)15-14(18)12-6-1-2-7-21(12,19)20/h3-5,8,12H,1-2,6-7,9H2,(H,15,18)(H,16,17). The summed E-state index contributed by atoms with van der Waals surface area (Å²) in [7, 11) is -3.38. The Hall–Kier alpha value is -1.89. The van der Waals surface area contributed by atoms with Crippen molar-refractivity contribution in [2.75, 3.05) is 11.1 Å². The Bertz CT molecular complexity index is 653. The lowest BCUT2D eigenvalue weighted by atomic mass is 10.1. The monoisotopic (exact) mass is 311 g/mol. The number of aliphatic carboxylic acids is 1. The Morgan fingerprint density at radius 2 is 2.05 bits per heavy atom. The Morgan fingerprint density at radius 1 is 1.29 bits per heavy atom. The lowest BCUT2D eigenvalue weighted by Crippen LogP contribution is -2.39. The largest absolute Gasteiger partial charge is 0.481 e. The van der Waals surface area contributed by atoms with Crippen LogP contribution >= 0.6 is 0 Å². The summed E-state index contributed by atoms with van der Waals surface area (Å²) in [5.74, 6) is -1.46. The zero-order chi connectivity index (χ0) is 15.5. The van der Waals surface area contributed by atoms with Gasteiger partial charge in [0.2, 0.25) is 5.91 Å². The van der Waals surface area contributed by atoms with Crippen LogP contribution in [0.3, 0.4) is 0 Å². The summed E-state index contributed by atoms with van der Waals surface area (Å²) in [6.07, 6.45) is 1.50. The van der Waals surface area contributed by atoms with E-state index in [4.69, 9.17) is 5.11 Å². The minimum Gasteiger partial charge on any atom is -0.481 e. The Balaban J connectivity index is 2.10. The van der Waals surface area contributed by atoms with Crippen LogP contribution in [0, 0.1) is 0 Å². The van der Waals surface area contributed by atoms with Crippen LogP contribution in [0.2, 0.25) is 0 Å². The van der Waals surface area contributed by atoms with Crippen LogP contribution in [-0.2, 0) is 25.8 Å². The summed E-state index contributed by atoms with van der Waals surface area (Å²) in [6, 6.07) is 6.42. The molecule has 1 aliphatic rings. The van der Waals surface area contributed by atoms with Gasteiger partial charge in [0.05, 0.1) is 12.2 Å². The van der Waals surface area contributed by atoms with E-state index in [0.29, 0.717) is 24.1 Å². The van der Waals surface area contributed by atoms with Gasteiger partial charge < -0.3 is 10.4 Å². The molecule has 1 saturated heterocycles. The van der Waals surface area contributed by atoms with Gasteiger partial charge in [-0.2, -0.15) is 0 Å². The first-order valence-corrected chi connectivity index (χ1v) is 8.43. The minimum absolute atomic E-state index is 0.0458. The molecular formula is C14H17NO5S. The molecule has 2 rings (SSSR count). The zero-order valence-electron chi connectivity index (χ0n) is 11.4. The SMILES string of the molecule is O=C(O)Cc1cccc(NC(=O)C2CCCCS2(=O)=O)c1. The number of carbonyl (C=O) groups is 2. The number of sulfone groups is 1. The summed E-state index contributed by atoms with van der Waals surface area (Å²) < 4.78 is 23.8. The highest BCUT2D eigenvalue weighted by molar-refractivity contribution is 7.92. The third-order valence-corrected chi connectivity index (χ3v) is 5.60. The first kappa shape index (κ1) is 15.5. The predicted molar refractivity (Wildman–Crippen MR) is 77.8 cm³/mol. The summed E-state index contributed by atoms with van der Waals surface area (Å²) in [6.45, 7) is 0. The van der Waals surface area contributed by atoms with Crippen LogP contribution in [0.15, 0.2) is 24.3 Å². The number of amides is 1. The molecule has 2 N–H and O–H groups in total. The Morgan fingerprint density at radius 3 is 2.71 bits per heavy atom. The molecular weight excluding hydrogens is 294 g/mol. The molecule has 7 heteroatoms. The van der Waals surface area contributed by atoms with Crippen molar-refractivity contribution in [3.05, 3.63) is 29.8 Å². The van der Waals surface area contributed by atoms with Gasteiger partial charge in [0.1, 0.15) is 5.25 Å². The highest BCUT2D eigenvalue weighted by Gasteiger charge is 2.34. The maximum atomic E-state index is 12.1. The number of hydrogen-bond acceptors (Lipinski definition) is 4. The smallest absolute Gasteiger partial charge is 0.307 e. The first-order chi connectivity index (χ1) is 9.88. The van der Waals surface area contributed by atoms with Crippen molar-refractivity contribution < 1.29 is 23.1 Å². The summed E-state index contributed by atoms with van der Waals surface area (Å²) in [4.78, 5) is 22.8. The fourth-order valence-corrected chi connectivity index (χ4v) is 4.21. The van der Waals surface area contributed by atoms with Crippen molar-refractivity contribution >= 4 is 27.4 Å². The van der Waals surface area contributed by atoms with Crippen LogP contribution in [0.25, 0.3) is 0 Å². The molecule has 1 aromatic rings. The highest BCUT2D eigenvalue weighted by atomic mass is 32.2.